The first kappa shape index (κ1) is 11.3. The number of nitrogens with two attached hydrogens (primary N) is 2. The first-order valence-corrected chi connectivity index (χ1v) is 5.20. The second kappa shape index (κ2) is 4.75. The Morgan fingerprint density at radius 1 is 1.41 bits per heavy atom. The summed E-state index contributed by atoms with van der Waals surface area (Å²) in [6, 6.07) is 3.50. The maximum Gasteiger partial charge on any atom is 0.269 e. The molecule has 0 saturated carbocycles. The van der Waals surface area contributed by atoms with E-state index in [1.807, 2.05) is 6.07 Å². The third-order valence-corrected chi connectivity index (χ3v) is 2.32. The maximum atomic E-state index is 10.9. The van der Waals surface area contributed by atoms with Crippen molar-refractivity contribution in [2.24, 2.45) is 11.5 Å². The number of hydrogen-bond acceptors (Lipinski definition) is 4. The van der Waals surface area contributed by atoms with Crippen LogP contribution < -0.4 is 11.5 Å². The minimum atomic E-state index is -0.546. The van der Waals surface area contributed by atoms with Crippen molar-refractivity contribution in [3.8, 4) is 5.69 Å². The van der Waals surface area contributed by atoms with Gasteiger partial charge in [-0.05, 0) is 30.7 Å². The van der Waals surface area contributed by atoms with E-state index < -0.39 is 5.91 Å². The summed E-state index contributed by atoms with van der Waals surface area (Å²) in [4.78, 5) is 15.0. The zero-order valence-electron chi connectivity index (χ0n) is 9.21. The summed E-state index contributed by atoms with van der Waals surface area (Å²) in [5.74, 6) is -0.546. The molecule has 2 heterocycles. The van der Waals surface area contributed by atoms with E-state index in [2.05, 4.69) is 10.1 Å². The average molecular weight is 231 g/mol. The third kappa shape index (κ3) is 2.48. The smallest absolute Gasteiger partial charge is 0.269 e. The molecule has 0 aromatic carbocycles. The predicted molar refractivity (Wildman–Crippen MR) is 62.6 cm³/mol. The van der Waals surface area contributed by atoms with Gasteiger partial charge in [-0.2, -0.15) is 5.10 Å². The van der Waals surface area contributed by atoms with Crippen LogP contribution in [0.5, 0.6) is 0 Å². The van der Waals surface area contributed by atoms with Gasteiger partial charge in [0, 0.05) is 12.4 Å². The molecule has 6 heteroatoms. The Morgan fingerprint density at radius 2 is 2.24 bits per heavy atom. The van der Waals surface area contributed by atoms with E-state index in [1.165, 1.54) is 0 Å². The predicted octanol–water partition coefficient (Wildman–Crippen LogP) is -0.133. The van der Waals surface area contributed by atoms with Gasteiger partial charge in [0.15, 0.2) is 0 Å². The molecule has 88 valence electrons. The van der Waals surface area contributed by atoms with Crippen LogP contribution in [0.2, 0.25) is 0 Å². The number of nitrogens with zero attached hydrogens (tertiary/aromatic N) is 3. The molecule has 0 bridgehead atoms. The molecule has 17 heavy (non-hydrogen) atoms. The molecule has 0 saturated heterocycles. The van der Waals surface area contributed by atoms with Gasteiger partial charge in [-0.15, -0.1) is 0 Å². The largest absolute Gasteiger partial charge is 0.364 e. The second-order valence-corrected chi connectivity index (χ2v) is 3.60. The molecule has 0 aliphatic rings. The van der Waals surface area contributed by atoms with Gasteiger partial charge < -0.3 is 11.5 Å². The third-order valence-electron chi connectivity index (χ3n) is 2.32. The molecule has 2 aromatic rings. The molecule has 2 aromatic heterocycles. The van der Waals surface area contributed by atoms with Crippen LogP contribution >= 0.6 is 0 Å². The number of aromatic nitrogens is 3. The number of pyridine rings is 1. The SMILES string of the molecule is NCCc1cncc(-n2ccc(C(N)=O)n2)c1. The van der Waals surface area contributed by atoms with Crippen molar-refractivity contribution >= 4 is 5.91 Å². The quantitative estimate of drug-likeness (QED) is 0.765. The zero-order chi connectivity index (χ0) is 12.3. The molecule has 0 fully saturated rings. The van der Waals surface area contributed by atoms with Gasteiger partial charge in [0.2, 0.25) is 0 Å². The lowest BCUT2D eigenvalue weighted by molar-refractivity contribution is 0.0995. The van der Waals surface area contributed by atoms with E-state index in [1.54, 1.807) is 29.3 Å². The molecule has 0 spiro atoms. The Labute approximate surface area is 98.3 Å². The van der Waals surface area contributed by atoms with Crippen LogP contribution in [0.25, 0.3) is 5.69 Å². The molecule has 0 aliphatic carbocycles. The second-order valence-electron chi connectivity index (χ2n) is 3.60. The van der Waals surface area contributed by atoms with Crippen LogP contribution in [0.15, 0.2) is 30.7 Å². The highest BCUT2D eigenvalue weighted by Gasteiger charge is 2.06. The molecule has 0 atom stereocenters. The highest BCUT2D eigenvalue weighted by molar-refractivity contribution is 5.90. The summed E-state index contributed by atoms with van der Waals surface area (Å²) >= 11 is 0. The lowest BCUT2D eigenvalue weighted by Gasteiger charge is -2.03. The zero-order valence-corrected chi connectivity index (χ0v) is 9.21. The molecular weight excluding hydrogens is 218 g/mol. The number of carbonyl (C=O) groups is 1. The van der Waals surface area contributed by atoms with Crippen molar-refractivity contribution in [2.45, 2.75) is 6.42 Å². The van der Waals surface area contributed by atoms with Crippen molar-refractivity contribution in [1.82, 2.24) is 14.8 Å². The van der Waals surface area contributed by atoms with Crippen LogP contribution in [0.3, 0.4) is 0 Å². The van der Waals surface area contributed by atoms with Gasteiger partial charge >= 0.3 is 0 Å². The highest BCUT2D eigenvalue weighted by Crippen LogP contribution is 2.09. The fraction of sp³-hybridized carbons (Fsp3) is 0.182. The lowest BCUT2D eigenvalue weighted by Crippen LogP contribution is -2.12. The molecule has 6 nitrogen and oxygen atoms in total. The summed E-state index contributed by atoms with van der Waals surface area (Å²) in [5, 5.41) is 4.05. The van der Waals surface area contributed by atoms with Crippen LogP contribution in [0, 0.1) is 0 Å². The Kier molecular flexibility index (Phi) is 3.15. The lowest BCUT2D eigenvalue weighted by atomic mass is 10.2. The van der Waals surface area contributed by atoms with Crippen molar-refractivity contribution in [2.75, 3.05) is 6.54 Å². The Morgan fingerprint density at radius 3 is 2.88 bits per heavy atom. The fourth-order valence-electron chi connectivity index (χ4n) is 1.50. The van der Waals surface area contributed by atoms with Crippen molar-refractivity contribution < 1.29 is 4.79 Å². The van der Waals surface area contributed by atoms with E-state index in [0.717, 1.165) is 17.7 Å². The highest BCUT2D eigenvalue weighted by atomic mass is 16.1. The Balaban J connectivity index is 2.31. The Hall–Kier alpha value is -2.21. The molecule has 0 aliphatic heterocycles. The Bertz CT molecular complexity index is 534. The summed E-state index contributed by atoms with van der Waals surface area (Å²) in [6.45, 7) is 0.566. The van der Waals surface area contributed by atoms with Gasteiger partial charge in [-0.3, -0.25) is 9.78 Å². The number of hydrogen-bond donors (Lipinski definition) is 2. The van der Waals surface area contributed by atoms with Gasteiger partial charge in [0.1, 0.15) is 5.69 Å². The standard InChI is InChI=1S/C11H13N5O/c12-3-1-8-5-9(7-14-6-8)16-4-2-10(15-16)11(13)17/h2,4-7H,1,3,12H2,(H2,13,17). The van der Waals surface area contributed by atoms with Crippen molar-refractivity contribution in [3.05, 3.63) is 42.0 Å². The van der Waals surface area contributed by atoms with E-state index >= 15 is 0 Å². The molecule has 0 radical (unpaired) electrons. The summed E-state index contributed by atoms with van der Waals surface area (Å²) in [7, 11) is 0. The number of amides is 1. The van der Waals surface area contributed by atoms with Crippen molar-refractivity contribution in [3.63, 3.8) is 0 Å². The van der Waals surface area contributed by atoms with E-state index in [0.29, 0.717) is 6.54 Å². The van der Waals surface area contributed by atoms with Crippen LogP contribution in [-0.4, -0.2) is 27.2 Å². The van der Waals surface area contributed by atoms with Gasteiger partial charge in [-0.1, -0.05) is 0 Å². The first-order chi connectivity index (χ1) is 8.20. The van der Waals surface area contributed by atoms with Gasteiger partial charge in [-0.25, -0.2) is 4.68 Å². The summed E-state index contributed by atoms with van der Waals surface area (Å²) in [6.07, 6.45) is 5.85. The molecule has 0 unspecified atom stereocenters. The molecule has 2 rings (SSSR count). The topological polar surface area (TPSA) is 99.8 Å². The van der Waals surface area contributed by atoms with E-state index in [-0.39, 0.29) is 5.69 Å². The van der Waals surface area contributed by atoms with Crippen LogP contribution in [0.4, 0.5) is 0 Å². The minimum Gasteiger partial charge on any atom is -0.364 e. The van der Waals surface area contributed by atoms with Gasteiger partial charge in [0.05, 0.1) is 11.9 Å². The van der Waals surface area contributed by atoms with E-state index in [9.17, 15) is 4.79 Å². The normalized spacial score (nSPS) is 10.4. The minimum absolute atomic E-state index is 0.231. The number of primary amides is 1. The number of carbonyl (C=O) groups excluding carboxylic acids is 1. The van der Waals surface area contributed by atoms with E-state index in [4.69, 9.17) is 11.5 Å². The molecule has 4 N–H and O–H groups in total. The monoisotopic (exact) mass is 231 g/mol. The first-order valence-electron chi connectivity index (χ1n) is 5.20. The van der Waals surface area contributed by atoms with Crippen molar-refractivity contribution in [1.29, 1.82) is 0 Å². The summed E-state index contributed by atoms with van der Waals surface area (Å²) in [5.41, 5.74) is 12.7. The van der Waals surface area contributed by atoms with Gasteiger partial charge in [0.25, 0.3) is 5.91 Å². The molecule has 1 amide bonds. The average Bonchev–Trinajstić information content (AvgIpc) is 2.79. The fourth-order valence-corrected chi connectivity index (χ4v) is 1.50. The summed E-state index contributed by atoms with van der Waals surface area (Å²) < 4.78 is 1.56. The molecular formula is C11H13N5O. The number of rotatable bonds is 4. The maximum absolute atomic E-state index is 10.9. The van der Waals surface area contributed by atoms with Crippen LogP contribution in [-0.2, 0) is 6.42 Å². The van der Waals surface area contributed by atoms with Crippen LogP contribution in [0.1, 0.15) is 16.1 Å².